The van der Waals surface area contributed by atoms with Gasteiger partial charge in [-0.25, -0.2) is 0 Å². The second-order valence-electron chi connectivity index (χ2n) is 9.31. The van der Waals surface area contributed by atoms with Gasteiger partial charge in [0.1, 0.15) is 7.05 Å². The van der Waals surface area contributed by atoms with E-state index in [9.17, 15) is 0 Å². The van der Waals surface area contributed by atoms with Gasteiger partial charge in [-0.05, 0) is 105 Å². The Bertz CT molecular complexity index is 1070. The van der Waals surface area contributed by atoms with Crippen LogP contribution < -0.4 is 4.57 Å². The largest absolute Gasteiger partial charge is 0.213 e. The Morgan fingerprint density at radius 3 is 2.39 bits per heavy atom. The van der Waals surface area contributed by atoms with Crippen LogP contribution in [0.1, 0.15) is 65.8 Å². The summed E-state index contributed by atoms with van der Waals surface area (Å²) < 4.78 is 2.45. The number of benzene rings is 2. The summed E-state index contributed by atoms with van der Waals surface area (Å²) in [5.74, 6) is 1.62. The van der Waals surface area contributed by atoms with E-state index in [4.69, 9.17) is 0 Å². The molecule has 1 nitrogen and oxygen atoms in total. The van der Waals surface area contributed by atoms with Crippen LogP contribution in [0.4, 0.5) is 0 Å². The van der Waals surface area contributed by atoms with Crippen molar-refractivity contribution >= 4 is 10.9 Å². The highest BCUT2D eigenvalue weighted by Crippen LogP contribution is 2.45. The molecule has 0 N–H and O–H groups in total. The van der Waals surface area contributed by atoms with E-state index in [0.717, 1.165) is 11.8 Å². The van der Waals surface area contributed by atoms with Crippen molar-refractivity contribution in [2.75, 3.05) is 0 Å². The van der Waals surface area contributed by atoms with Crippen LogP contribution in [0.3, 0.4) is 0 Å². The molecule has 28 heavy (non-hydrogen) atoms. The van der Waals surface area contributed by atoms with Gasteiger partial charge in [0, 0.05) is 17.5 Å². The molecule has 6 rings (SSSR count). The average molecular weight is 371 g/mol. The van der Waals surface area contributed by atoms with E-state index < -0.39 is 0 Å². The van der Waals surface area contributed by atoms with Crippen molar-refractivity contribution in [2.24, 2.45) is 13.0 Å². The van der Waals surface area contributed by atoms with Crippen LogP contribution in [-0.4, -0.2) is 0 Å². The molecule has 1 saturated carbocycles. The van der Waals surface area contributed by atoms with Crippen molar-refractivity contribution < 1.29 is 4.57 Å². The van der Waals surface area contributed by atoms with Crippen LogP contribution >= 0.6 is 0 Å². The number of fused-ring (bicyclic) bond motifs is 4. The number of para-hydroxylation sites is 1. The molecule has 0 spiro atoms. The second kappa shape index (κ2) is 6.72. The third kappa shape index (κ3) is 2.70. The quantitative estimate of drug-likeness (QED) is 0.399. The number of rotatable bonds is 0. The maximum absolute atomic E-state index is 2.53. The Hall–Kier alpha value is -2.15. The predicted molar refractivity (Wildman–Crippen MR) is 118 cm³/mol. The fourth-order valence-electron chi connectivity index (χ4n) is 6.02. The molecule has 3 aromatic rings. The summed E-state index contributed by atoms with van der Waals surface area (Å²) in [7, 11) is 2.26. The molecule has 3 aliphatic rings. The van der Waals surface area contributed by atoms with Crippen LogP contribution in [0.5, 0.6) is 0 Å². The molecular formula is C27H32N+. The van der Waals surface area contributed by atoms with Gasteiger partial charge in [-0.15, -0.1) is 0 Å². The fourth-order valence-corrected chi connectivity index (χ4v) is 6.02. The zero-order valence-corrected chi connectivity index (χ0v) is 17.8. The number of nitrogens with zero attached hydrogens (tertiary/aromatic N) is 1. The van der Waals surface area contributed by atoms with E-state index in [1.54, 1.807) is 11.1 Å². The molecule has 2 aromatic carbocycles. The minimum atomic E-state index is 0.721. The van der Waals surface area contributed by atoms with Gasteiger partial charge in [0.05, 0.1) is 5.56 Å². The molecule has 0 atom stereocenters. The zero-order chi connectivity index (χ0) is 19.4. The maximum atomic E-state index is 2.53. The Morgan fingerprint density at radius 1 is 0.857 bits per heavy atom. The third-order valence-corrected chi connectivity index (χ3v) is 7.71. The van der Waals surface area contributed by atoms with E-state index >= 15 is 0 Å². The smallest absolute Gasteiger partial charge is 0.194 e. The van der Waals surface area contributed by atoms with Crippen LogP contribution in [0.25, 0.3) is 22.2 Å². The van der Waals surface area contributed by atoms with Crippen molar-refractivity contribution in [3.63, 3.8) is 0 Å². The molecule has 144 valence electrons. The van der Waals surface area contributed by atoms with Gasteiger partial charge < -0.3 is 0 Å². The van der Waals surface area contributed by atoms with E-state index in [1.165, 1.54) is 77.4 Å². The first-order valence-corrected chi connectivity index (χ1v) is 11.1. The van der Waals surface area contributed by atoms with Crippen LogP contribution in [0, 0.1) is 26.7 Å². The van der Waals surface area contributed by atoms with Gasteiger partial charge >= 0.3 is 0 Å². The molecule has 0 unspecified atom stereocenters. The monoisotopic (exact) mass is 370 g/mol. The highest BCUT2D eigenvalue weighted by atomic mass is 14.9. The van der Waals surface area contributed by atoms with Gasteiger partial charge in [-0.1, -0.05) is 18.2 Å². The number of hydrogen-bond acceptors (Lipinski definition) is 0. The normalized spacial score (nSPS) is 21.4. The van der Waals surface area contributed by atoms with Crippen LogP contribution in [0.15, 0.2) is 36.4 Å². The van der Waals surface area contributed by atoms with Crippen molar-refractivity contribution in [1.82, 2.24) is 0 Å². The van der Waals surface area contributed by atoms with Crippen LogP contribution in [0.2, 0.25) is 0 Å². The Morgan fingerprint density at radius 2 is 1.61 bits per heavy atom. The summed E-state index contributed by atoms with van der Waals surface area (Å²) in [6.45, 7) is 6.97. The van der Waals surface area contributed by atoms with Gasteiger partial charge in [0.2, 0.25) is 11.2 Å². The van der Waals surface area contributed by atoms with Gasteiger partial charge in [0.25, 0.3) is 0 Å². The van der Waals surface area contributed by atoms with E-state index in [2.05, 4.69) is 68.8 Å². The molecule has 4 bridgehead atoms. The summed E-state index contributed by atoms with van der Waals surface area (Å²) in [5, 5.41) is 1.44. The Labute approximate surface area is 169 Å². The molecule has 1 fully saturated rings. The molecule has 1 aromatic heterocycles. The first-order chi connectivity index (χ1) is 13.5. The molecule has 1 heterocycles. The summed E-state index contributed by atoms with van der Waals surface area (Å²) in [5.41, 5.74) is 11.9. The lowest BCUT2D eigenvalue weighted by atomic mass is 9.74. The number of hydrogen-bond donors (Lipinski definition) is 0. The minimum Gasteiger partial charge on any atom is -0.194 e. The molecule has 0 amide bonds. The minimum absolute atomic E-state index is 0.721. The maximum Gasteiger partial charge on any atom is 0.213 e. The number of aromatic nitrogens is 1. The third-order valence-electron chi connectivity index (χ3n) is 7.71. The van der Waals surface area contributed by atoms with Crippen molar-refractivity contribution in [2.45, 2.75) is 65.2 Å². The molecule has 3 aliphatic carbocycles. The summed E-state index contributed by atoms with van der Waals surface area (Å²) in [6.07, 6.45) is 8.08. The topological polar surface area (TPSA) is 3.88 Å². The standard InChI is InChI=1S/C27H32N/c1-17-15-18(2)26-21-12-9-20(10-13-21)11-14-22-16-25(27(26)19(17)3)28(4)24-8-6-5-7-23(22)24/h5-8,15-16,20-21H,9-14H2,1-4H3/q+1. The van der Waals surface area contributed by atoms with E-state index in [0.29, 0.717) is 0 Å². The van der Waals surface area contributed by atoms with E-state index in [1.807, 2.05) is 0 Å². The number of aryl methyl sites for hydroxylation is 4. The van der Waals surface area contributed by atoms with E-state index in [-0.39, 0.29) is 0 Å². The molecule has 0 aliphatic heterocycles. The Kier molecular flexibility index (Phi) is 4.30. The van der Waals surface area contributed by atoms with Gasteiger partial charge in [-0.2, -0.15) is 4.57 Å². The van der Waals surface area contributed by atoms with Gasteiger partial charge in [0.15, 0.2) is 0 Å². The van der Waals surface area contributed by atoms with Crippen molar-refractivity contribution in [1.29, 1.82) is 0 Å². The lowest BCUT2D eigenvalue weighted by Crippen LogP contribution is -2.33. The summed E-state index contributed by atoms with van der Waals surface area (Å²) in [4.78, 5) is 0. The molecule has 0 radical (unpaired) electrons. The molecule has 1 heteroatoms. The summed E-state index contributed by atoms with van der Waals surface area (Å²) >= 11 is 0. The highest BCUT2D eigenvalue weighted by Gasteiger charge is 2.31. The SMILES string of the molecule is Cc1cc(C)c2c(c1C)-c1cc(c3ccccc3[n+]1C)CCC1CCC2CC1. The summed E-state index contributed by atoms with van der Waals surface area (Å²) in [6, 6.07) is 14.0. The van der Waals surface area contributed by atoms with Crippen molar-refractivity contribution in [3.8, 4) is 11.3 Å². The zero-order valence-electron chi connectivity index (χ0n) is 17.8. The molecule has 0 saturated heterocycles. The van der Waals surface area contributed by atoms with Crippen LogP contribution in [-0.2, 0) is 13.5 Å². The fraction of sp³-hybridized carbons (Fsp3) is 0.444. The average Bonchev–Trinajstić information content (AvgIpc) is 2.75. The first kappa shape index (κ1) is 17.9. The Balaban J connectivity index is 1.91. The lowest BCUT2D eigenvalue weighted by Gasteiger charge is -2.31. The predicted octanol–water partition coefficient (Wildman–Crippen LogP) is 6.48. The number of pyridine rings is 1. The highest BCUT2D eigenvalue weighted by molar-refractivity contribution is 5.83. The van der Waals surface area contributed by atoms with Gasteiger partial charge in [-0.3, -0.25) is 0 Å². The second-order valence-corrected chi connectivity index (χ2v) is 9.31. The van der Waals surface area contributed by atoms with Crippen molar-refractivity contribution in [3.05, 3.63) is 64.2 Å². The molecular weight excluding hydrogens is 338 g/mol. The first-order valence-electron chi connectivity index (χ1n) is 11.1. The lowest BCUT2D eigenvalue weighted by molar-refractivity contribution is -0.633.